The Labute approximate surface area is 94.6 Å². The average Bonchev–Trinajstić information content (AvgIpc) is 2.17. The van der Waals surface area contributed by atoms with Crippen molar-refractivity contribution in [2.45, 2.75) is 0 Å². The molecule has 0 aliphatic rings. The third kappa shape index (κ3) is 1.96. The van der Waals surface area contributed by atoms with Gasteiger partial charge in [0.2, 0.25) is 0 Å². The normalized spacial score (nSPS) is 11.0. The Morgan fingerprint density at radius 2 is 1.54 bits per heavy atom. The molecule has 0 heterocycles. The first-order chi connectivity index (χ1) is 6.29. The van der Waals surface area contributed by atoms with E-state index in [1.165, 1.54) is 16.1 Å². The number of hydrogen-bond donors (Lipinski definition) is 0. The highest BCUT2D eigenvalue weighted by Crippen LogP contribution is 2.51. The van der Waals surface area contributed by atoms with Gasteiger partial charge in [0.1, 0.15) is 0 Å². The van der Waals surface area contributed by atoms with Gasteiger partial charge in [-0.05, 0) is 41.8 Å². The summed E-state index contributed by atoms with van der Waals surface area (Å²) >= 11 is 7.17. The zero-order valence-corrected chi connectivity index (χ0v) is 10.8. The van der Waals surface area contributed by atoms with Gasteiger partial charge in [0, 0.05) is 5.30 Å². The summed E-state index contributed by atoms with van der Waals surface area (Å²) in [5, 5.41) is 3.59. The third-order valence-electron chi connectivity index (χ3n) is 1.95. The van der Waals surface area contributed by atoms with Crippen LogP contribution in [-0.4, -0.2) is 0 Å². The first-order valence-electron chi connectivity index (χ1n) is 3.88. The van der Waals surface area contributed by atoms with Gasteiger partial charge in [0.05, 0.1) is 5.33 Å². The van der Waals surface area contributed by atoms with Gasteiger partial charge in [-0.2, -0.15) is 0 Å². The number of fused-ring (bicyclic) bond motifs is 1. The molecule has 0 bridgehead atoms. The Balaban J connectivity index is 2.76. The summed E-state index contributed by atoms with van der Waals surface area (Å²) in [6.45, 7) is 0. The van der Waals surface area contributed by atoms with E-state index in [1.807, 2.05) is 0 Å². The van der Waals surface area contributed by atoms with E-state index < -0.39 is 0 Å². The maximum absolute atomic E-state index is 3.59. The second-order valence-corrected chi connectivity index (χ2v) is 10.8. The summed E-state index contributed by atoms with van der Waals surface area (Å²) in [6.07, 6.45) is 0. The fourth-order valence-corrected chi connectivity index (χ4v) is 3.80. The summed E-state index contributed by atoms with van der Waals surface area (Å²) < 4.78 is 0. The van der Waals surface area contributed by atoms with Gasteiger partial charge in [0.25, 0.3) is 0 Å². The minimum atomic E-state index is -0.370. The predicted octanol–water partition coefficient (Wildman–Crippen LogP) is 4.57. The lowest BCUT2D eigenvalue weighted by atomic mass is 10.1. The van der Waals surface area contributed by atoms with E-state index >= 15 is 0 Å². The van der Waals surface area contributed by atoms with Crippen LogP contribution in [0, 0.1) is 0 Å². The van der Waals surface area contributed by atoms with E-state index in [1.54, 1.807) is 0 Å². The number of rotatable bonds is 1. The molecule has 2 rings (SSSR count). The summed E-state index contributed by atoms with van der Waals surface area (Å²) in [5.74, 6) is 0. The minimum absolute atomic E-state index is 0.370. The third-order valence-corrected chi connectivity index (χ3v) is 5.00. The maximum atomic E-state index is 3.59. The van der Waals surface area contributed by atoms with Gasteiger partial charge >= 0.3 is 0 Å². The van der Waals surface area contributed by atoms with Crippen LogP contribution >= 0.6 is 36.3 Å². The Hall–Kier alpha value is 0.0900. The molecule has 0 amide bonds. The van der Waals surface area contributed by atoms with Crippen LogP contribution in [0.3, 0.4) is 0 Å². The molecule has 13 heavy (non-hydrogen) atoms. The molecule has 0 nitrogen and oxygen atoms in total. The van der Waals surface area contributed by atoms with Crippen molar-refractivity contribution in [1.29, 1.82) is 0 Å². The average molecular weight is 318 g/mol. The fourth-order valence-electron chi connectivity index (χ4n) is 1.36. The van der Waals surface area contributed by atoms with Crippen LogP contribution in [0.2, 0.25) is 0 Å². The Morgan fingerprint density at radius 3 is 2.31 bits per heavy atom. The van der Waals surface area contributed by atoms with Crippen molar-refractivity contribution in [3.8, 4) is 0 Å². The topological polar surface area (TPSA) is 0 Å². The maximum Gasteiger partial charge on any atom is 0.0660 e. The Morgan fingerprint density at radius 1 is 0.846 bits per heavy atom. The molecule has 0 atom stereocenters. The predicted molar refractivity (Wildman–Crippen MR) is 68.4 cm³/mol. The SMILES string of the molecule is BrP(Br)c1cccc2ccccc12. The van der Waals surface area contributed by atoms with E-state index in [2.05, 4.69) is 73.4 Å². The molecular formula is C10H7Br2P. The lowest BCUT2D eigenvalue weighted by Gasteiger charge is -2.06. The number of hydrogen-bond acceptors (Lipinski definition) is 0. The second kappa shape index (κ2) is 4.08. The van der Waals surface area contributed by atoms with Crippen LogP contribution in [0.4, 0.5) is 0 Å². The molecule has 0 aromatic heterocycles. The zero-order valence-electron chi connectivity index (χ0n) is 6.74. The molecule has 0 saturated carbocycles. The molecular weight excluding hydrogens is 311 g/mol. The van der Waals surface area contributed by atoms with Crippen LogP contribution in [0.15, 0.2) is 42.5 Å². The van der Waals surface area contributed by atoms with Crippen molar-refractivity contribution in [3.63, 3.8) is 0 Å². The van der Waals surface area contributed by atoms with Crippen molar-refractivity contribution in [2.24, 2.45) is 0 Å². The Kier molecular flexibility index (Phi) is 3.02. The lowest BCUT2D eigenvalue weighted by molar-refractivity contribution is 1.78. The molecule has 0 aliphatic carbocycles. The van der Waals surface area contributed by atoms with Crippen LogP contribution in [0.5, 0.6) is 0 Å². The van der Waals surface area contributed by atoms with E-state index in [0.29, 0.717) is 0 Å². The summed E-state index contributed by atoms with van der Waals surface area (Å²) in [6, 6.07) is 14.8. The van der Waals surface area contributed by atoms with Gasteiger partial charge in [-0.3, -0.25) is 0 Å². The smallest absolute Gasteiger partial charge is 0.0616 e. The lowest BCUT2D eigenvalue weighted by Crippen LogP contribution is -1.95. The Bertz CT molecular complexity index is 421. The van der Waals surface area contributed by atoms with Crippen LogP contribution in [-0.2, 0) is 0 Å². The van der Waals surface area contributed by atoms with Crippen LogP contribution < -0.4 is 5.30 Å². The zero-order chi connectivity index (χ0) is 9.26. The van der Waals surface area contributed by atoms with Gasteiger partial charge in [0.15, 0.2) is 0 Å². The van der Waals surface area contributed by atoms with Gasteiger partial charge in [-0.15, -0.1) is 0 Å². The summed E-state index contributed by atoms with van der Waals surface area (Å²) in [5.41, 5.74) is 0. The van der Waals surface area contributed by atoms with E-state index in [9.17, 15) is 0 Å². The first-order valence-corrected chi connectivity index (χ1v) is 9.26. The summed E-state index contributed by atoms with van der Waals surface area (Å²) in [7, 11) is 0. The van der Waals surface area contributed by atoms with Crippen molar-refractivity contribution in [2.75, 3.05) is 0 Å². The van der Waals surface area contributed by atoms with E-state index in [-0.39, 0.29) is 5.33 Å². The molecule has 0 N–H and O–H groups in total. The molecule has 0 saturated heterocycles. The largest absolute Gasteiger partial charge is 0.0660 e. The van der Waals surface area contributed by atoms with E-state index in [4.69, 9.17) is 0 Å². The quantitative estimate of drug-likeness (QED) is 0.676. The van der Waals surface area contributed by atoms with Crippen LogP contribution in [0.1, 0.15) is 0 Å². The highest BCUT2D eigenvalue weighted by molar-refractivity contribution is 9.70. The molecule has 0 aliphatic heterocycles. The van der Waals surface area contributed by atoms with Gasteiger partial charge < -0.3 is 0 Å². The van der Waals surface area contributed by atoms with Crippen molar-refractivity contribution < 1.29 is 0 Å². The highest BCUT2D eigenvalue weighted by Gasteiger charge is 2.05. The molecule has 0 unspecified atom stereocenters. The van der Waals surface area contributed by atoms with Crippen molar-refractivity contribution in [1.82, 2.24) is 0 Å². The molecule has 2 aromatic rings. The molecule has 2 aromatic carbocycles. The number of benzene rings is 2. The fraction of sp³-hybridized carbons (Fsp3) is 0. The molecule has 0 fully saturated rings. The first kappa shape index (κ1) is 9.64. The molecule has 3 heteroatoms. The molecule has 0 spiro atoms. The minimum Gasteiger partial charge on any atom is -0.0616 e. The summed E-state index contributed by atoms with van der Waals surface area (Å²) in [4.78, 5) is 0. The standard InChI is InChI=1S/C10H7Br2P/c11-13(12)10-7-3-5-8-4-1-2-6-9(8)10/h1-7H. The monoisotopic (exact) mass is 316 g/mol. The second-order valence-electron chi connectivity index (χ2n) is 2.73. The van der Waals surface area contributed by atoms with Crippen LogP contribution in [0.25, 0.3) is 10.8 Å². The highest BCUT2D eigenvalue weighted by atomic mass is 79.9. The van der Waals surface area contributed by atoms with Gasteiger partial charge in [-0.25, -0.2) is 0 Å². The number of halogens is 2. The molecule has 66 valence electrons. The van der Waals surface area contributed by atoms with Crippen molar-refractivity contribution in [3.05, 3.63) is 42.5 Å². The van der Waals surface area contributed by atoms with Gasteiger partial charge in [-0.1, -0.05) is 42.5 Å². The van der Waals surface area contributed by atoms with E-state index in [0.717, 1.165) is 0 Å². The molecule has 0 radical (unpaired) electrons. The van der Waals surface area contributed by atoms with Crippen molar-refractivity contribution >= 4 is 52.4 Å².